The van der Waals surface area contributed by atoms with E-state index >= 15 is 0 Å². The maximum Gasteiger partial charge on any atom is 0.324 e. The molecule has 3 unspecified atom stereocenters. The van der Waals surface area contributed by atoms with Crippen LogP contribution in [0.5, 0.6) is 0 Å². The molecule has 0 bridgehead atoms. The Hall–Kier alpha value is -0.610. The first-order valence-corrected chi connectivity index (χ1v) is 8.21. The average Bonchev–Trinajstić information content (AvgIpc) is 2.93. The number of carbonyl (C=O) groups is 1. The Bertz CT molecular complexity index is 345. The fraction of sp³-hybridized carbons (Fsp3) is 0.938. The van der Waals surface area contributed by atoms with E-state index in [0.29, 0.717) is 6.04 Å². The lowest BCUT2D eigenvalue weighted by molar-refractivity contribution is -0.147. The molecule has 2 fully saturated rings. The zero-order chi connectivity index (χ0) is 14.8. The number of carboxylic acid groups (broad SMARTS) is 1. The fourth-order valence-corrected chi connectivity index (χ4v) is 4.16. The molecule has 1 saturated carbocycles. The molecule has 116 valence electrons. The Balaban J connectivity index is 1.99. The average molecular weight is 282 g/mol. The smallest absolute Gasteiger partial charge is 0.324 e. The monoisotopic (exact) mass is 282 g/mol. The van der Waals surface area contributed by atoms with Crippen LogP contribution in [0, 0.1) is 5.92 Å². The van der Waals surface area contributed by atoms with Gasteiger partial charge in [-0.3, -0.25) is 10.1 Å². The molecule has 4 heteroatoms. The second-order valence-corrected chi connectivity index (χ2v) is 6.98. The van der Waals surface area contributed by atoms with Gasteiger partial charge in [0.1, 0.15) is 5.54 Å². The fourth-order valence-electron chi connectivity index (χ4n) is 4.16. The van der Waals surface area contributed by atoms with Crippen molar-refractivity contribution >= 4 is 5.97 Å². The minimum Gasteiger partial charge on any atom is -0.480 e. The summed E-state index contributed by atoms with van der Waals surface area (Å²) >= 11 is 0. The van der Waals surface area contributed by atoms with Crippen molar-refractivity contribution in [1.82, 2.24) is 10.2 Å². The van der Waals surface area contributed by atoms with Crippen molar-refractivity contribution in [1.29, 1.82) is 0 Å². The van der Waals surface area contributed by atoms with Gasteiger partial charge in [-0.25, -0.2) is 0 Å². The second kappa shape index (κ2) is 6.44. The lowest BCUT2D eigenvalue weighted by Gasteiger charge is -2.35. The van der Waals surface area contributed by atoms with Crippen molar-refractivity contribution in [3.8, 4) is 0 Å². The first-order valence-electron chi connectivity index (χ1n) is 8.21. The second-order valence-electron chi connectivity index (χ2n) is 6.98. The van der Waals surface area contributed by atoms with Crippen molar-refractivity contribution < 1.29 is 9.90 Å². The maximum absolute atomic E-state index is 11.9. The van der Waals surface area contributed by atoms with Crippen LogP contribution in [0.3, 0.4) is 0 Å². The maximum atomic E-state index is 11.9. The van der Waals surface area contributed by atoms with Crippen LogP contribution in [0.15, 0.2) is 0 Å². The highest BCUT2D eigenvalue weighted by molar-refractivity contribution is 5.79. The van der Waals surface area contributed by atoms with Crippen molar-refractivity contribution in [3.63, 3.8) is 0 Å². The molecule has 1 aliphatic carbocycles. The number of likely N-dealkylation sites (tertiary alicyclic amines) is 1. The third kappa shape index (κ3) is 3.17. The van der Waals surface area contributed by atoms with Gasteiger partial charge in [0.15, 0.2) is 0 Å². The summed E-state index contributed by atoms with van der Waals surface area (Å²) in [6.45, 7) is 8.62. The molecule has 0 radical (unpaired) electrons. The molecule has 1 aliphatic heterocycles. The molecule has 0 aromatic heterocycles. The van der Waals surface area contributed by atoms with Crippen LogP contribution in [-0.2, 0) is 4.79 Å². The summed E-state index contributed by atoms with van der Waals surface area (Å²) in [5, 5.41) is 13.1. The van der Waals surface area contributed by atoms with E-state index in [4.69, 9.17) is 0 Å². The van der Waals surface area contributed by atoms with Gasteiger partial charge in [0.05, 0.1) is 0 Å². The van der Waals surface area contributed by atoms with Gasteiger partial charge in [0.2, 0.25) is 0 Å². The van der Waals surface area contributed by atoms with Crippen LogP contribution in [0.25, 0.3) is 0 Å². The molecular formula is C16H30N2O2. The third-order valence-electron chi connectivity index (χ3n) is 5.20. The minimum atomic E-state index is -0.683. The highest BCUT2D eigenvalue weighted by Crippen LogP contribution is 2.39. The Morgan fingerprint density at radius 3 is 2.70 bits per heavy atom. The summed E-state index contributed by atoms with van der Waals surface area (Å²) in [4.78, 5) is 14.4. The Kier molecular flexibility index (Phi) is 5.08. The Morgan fingerprint density at radius 2 is 2.15 bits per heavy atom. The van der Waals surface area contributed by atoms with Crippen LogP contribution >= 0.6 is 0 Å². The summed E-state index contributed by atoms with van der Waals surface area (Å²) < 4.78 is 0. The molecule has 3 atom stereocenters. The standard InChI is InChI=1S/C16H30N2O2/c1-12(2)17-16(15(19)20)9-4-7-14(16)8-11-18-10-5-6-13(18)3/h12-14,17H,4-11H2,1-3H3,(H,19,20). The summed E-state index contributed by atoms with van der Waals surface area (Å²) in [6.07, 6.45) is 6.46. The number of carboxylic acids is 1. The number of nitrogens with zero attached hydrogens (tertiary/aromatic N) is 1. The van der Waals surface area contributed by atoms with Gasteiger partial charge in [-0.1, -0.05) is 6.42 Å². The van der Waals surface area contributed by atoms with E-state index < -0.39 is 11.5 Å². The first kappa shape index (κ1) is 15.8. The molecule has 2 aliphatic rings. The third-order valence-corrected chi connectivity index (χ3v) is 5.20. The molecule has 1 heterocycles. The normalized spacial score (nSPS) is 35.0. The molecule has 1 saturated heterocycles. The van der Waals surface area contributed by atoms with Gasteiger partial charge in [0.25, 0.3) is 0 Å². The SMILES string of the molecule is CC(C)NC1(C(=O)O)CCCC1CCN1CCCC1C. The van der Waals surface area contributed by atoms with E-state index in [9.17, 15) is 9.90 Å². The van der Waals surface area contributed by atoms with E-state index in [1.807, 2.05) is 13.8 Å². The van der Waals surface area contributed by atoms with Crippen molar-refractivity contribution in [2.75, 3.05) is 13.1 Å². The molecule has 0 amide bonds. The molecule has 20 heavy (non-hydrogen) atoms. The van der Waals surface area contributed by atoms with E-state index in [1.54, 1.807) is 0 Å². The molecule has 0 aromatic carbocycles. The number of aliphatic carboxylic acids is 1. The zero-order valence-corrected chi connectivity index (χ0v) is 13.2. The Labute approximate surface area is 122 Å². The molecule has 2 N–H and O–H groups in total. The highest BCUT2D eigenvalue weighted by Gasteiger charge is 2.49. The van der Waals surface area contributed by atoms with Crippen molar-refractivity contribution in [3.05, 3.63) is 0 Å². The van der Waals surface area contributed by atoms with Crippen molar-refractivity contribution in [2.24, 2.45) is 5.92 Å². The molecule has 0 spiro atoms. The number of rotatable bonds is 6. The van der Waals surface area contributed by atoms with Crippen LogP contribution in [0.2, 0.25) is 0 Å². The zero-order valence-electron chi connectivity index (χ0n) is 13.2. The highest BCUT2D eigenvalue weighted by atomic mass is 16.4. The predicted octanol–water partition coefficient (Wildman–Crippen LogP) is 2.48. The van der Waals surface area contributed by atoms with E-state index in [2.05, 4.69) is 17.1 Å². The van der Waals surface area contributed by atoms with Gasteiger partial charge in [-0.15, -0.1) is 0 Å². The lowest BCUT2D eigenvalue weighted by Crippen LogP contribution is -2.57. The lowest BCUT2D eigenvalue weighted by atomic mass is 9.83. The van der Waals surface area contributed by atoms with Gasteiger partial charge in [-0.2, -0.15) is 0 Å². The van der Waals surface area contributed by atoms with Gasteiger partial charge >= 0.3 is 5.97 Å². The van der Waals surface area contributed by atoms with Crippen LogP contribution < -0.4 is 5.32 Å². The van der Waals surface area contributed by atoms with E-state index in [1.165, 1.54) is 19.4 Å². The predicted molar refractivity (Wildman–Crippen MR) is 80.9 cm³/mol. The molecule has 4 nitrogen and oxygen atoms in total. The topological polar surface area (TPSA) is 52.6 Å². The summed E-state index contributed by atoms with van der Waals surface area (Å²) in [5.41, 5.74) is -0.683. The number of hydrogen-bond acceptors (Lipinski definition) is 3. The molecule has 2 rings (SSSR count). The van der Waals surface area contributed by atoms with E-state index in [0.717, 1.165) is 32.2 Å². The van der Waals surface area contributed by atoms with Crippen molar-refractivity contribution in [2.45, 2.75) is 76.9 Å². The Morgan fingerprint density at radius 1 is 1.40 bits per heavy atom. The number of hydrogen-bond donors (Lipinski definition) is 2. The van der Waals surface area contributed by atoms with Gasteiger partial charge in [0, 0.05) is 12.1 Å². The van der Waals surface area contributed by atoms with E-state index in [-0.39, 0.29) is 12.0 Å². The molecular weight excluding hydrogens is 252 g/mol. The molecule has 0 aromatic rings. The number of nitrogens with one attached hydrogen (secondary N) is 1. The first-order chi connectivity index (χ1) is 9.45. The van der Waals surface area contributed by atoms with Gasteiger partial charge in [-0.05, 0) is 71.9 Å². The van der Waals surface area contributed by atoms with Crippen LogP contribution in [-0.4, -0.2) is 46.7 Å². The minimum absolute atomic E-state index is 0.220. The summed E-state index contributed by atoms with van der Waals surface area (Å²) in [6, 6.07) is 0.895. The summed E-state index contributed by atoms with van der Waals surface area (Å²) in [5.74, 6) is -0.377. The van der Waals surface area contributed by atoms with Crippen LogP contribution in [0.1, 0.15) is 59.3 Å². The largest absolute Gasteiger partial charge is 0.480 e. The van der Waals surface area contributed by atoms with Gasteiger partial charge < -0.3 is 10.0 Å². The quantitative estimate of drug-likeness (QED) is 0.786. The van der Waals surface area contributed by atoms with Crippen LogP contribution in [0.4, 0.5) is 0 Å². The summed E-state index contributed by atoms with van der Waals surface area (Å²) in [7, 11) is 0.